The van der Waals surface area contributed by atoms with Crippen LogP contribution < -0.4 is 28.6 Å². The van der Waals surface area contributed by atoms with E-state index in [9.17, 15) is 14.7 Å². The molecule has 6 rings (SSSR count). The van der Waals surface area contributed by atoms with Crippen molar-refractivity contribution < 1.29 is 38.4 Å². The van der Waals surface area contributed by atoms with E-state index >= 15 is 0 Å². The number of nitrogens with zero attached hydrogens (tertiary/aromatic N) is 3. The molecule has 1 aliphatic rings. The summed E-state index contributed by atoms with van der Waals surface area (Å²) in [6.45, 7) is 0. The Hall–Kier alpha value is -5.27. The Morgan fingerprint density at radius 1 is 0.812 bits per heavy atom. The quantitative estimate of drug-likeness (QED) is 0.0527. The molecule has 1 aliphatic heterocycles. The summed E-state index contributed by atoms with van der Waals surface area (Å²) in [6, 6.07) is 21.1. The molecule has 4 aromatic carbocycles. The zero-order chi connectivity index (χ0) is 33.9. The molecule has 1 N–H and O–H groups in total. The fourth-order valence-corrected chi connectivity index (χ4v) is 7.53. The molecule has 13 heteroatoms. The van der Waals surface area contributed by atoms with E-state index in [2.05, 4.69) is 34.5 Å². The molecule has 11 nitrogen and oxygen atoms in total. The van der Waals surface area contributed by atoms with E-state index in [1.807, 2.05) is 18.2 Å². The maximum absolute atomic E-state index is 13.9. The van der Waals surface area contributed by atoms with Crippen molar-refractivity contribution in [3.8, 4) is 28.7 Å². The summed E-state index contributed by atoms with van der Waals surface area (Å²) in [7, 11) is 7.35. The molecule has 2 heterocycles. The second-order valence-electron chi connectivity index (χ2n) is 10.5. The Labute approximate surface area is 284 Å². The number of ether oxygens (including phenoxy) is 5. The molecule has 48 heavy (non-hydrogen) atoms. The lowest BCUT2D eigenvalue weighted by Crippen LogP contribution is -2.29. The number of thioether (sulfide) groups is 1. The first-order chi connectivity index (χ1) is 23.3. The first-order valence-corrected chi connectivity index (χ1v) is 16.4. The average Bonchev–Trinajstić information content (AvgIpc) is 3.70. The van der Waals surface area contributed by atoms with Gasteiger partial charge in [0.25, 0.3) is 5.78 Å². The number of benzene rings is 4. The Kier molecular flexibility index (Phi) is 9.42. The van der Waals surface area contributed by atoms with E-state index in [0.717, 1.165) is 16.3 Å². The van der Waals surface area contributed by atoms with Crippen molar-refractivity contribution in [2.75, 3.05) is 40.4 Å². The topological polar surface area (TPSA) is 130 Å². The van der Waals surface area contributed by atoms with Crippen molar-refractivity contribution in [2.45, 2.75) is 16.1 Å². The normalized spacial score (nSPS) is 15.5. The molecule has 0 spiro atoms. The summed E-state index contributed by atoms with van der Waals surface area (Å²) in [6.07, 6.45) is 0. The highest BCUT2D eigenvalue weighted by atomic mass is 32.2. The predicted octanol–water partition coefficient (Wildman–Crippen LogP) is 6.65. The Morgan fingerprint density at radius 3 is 2.19 bits per heavy atom. The second kappa shape index (κ2) is 13.8. The number of hydrogen-bond acceptors (Lipinski definition) is 12. The summed E-state index contributed by atoms with van der Waals surface area (Å²) in [5, 5.41) is 22.9. The van der Waals surface area contributed by atoms with Gasteiger partial charge in [-0.15, -0.1) is 10.2 Å². The third-order valence-corrected chi connectivity index (χ3v) is 10.0. The van der Waals surface area contributed by atoms with Crippen LogP contribution >= 0.6 is 23.1 Å². The fourth-order valence-electron chi connectivity index (χ4n) is 5.66. The molecule has 1 atom stereocenters. The number of aromatic nitrogens is 2. The number of amides is 1. The van der Waals surface area contributed by atoms with Gasteiger partial charge in [0.15, 0.2) is 27.3 Å². The van der Waals surface area contributed by atoms with Crippen LogP contribution in [0.15, 0.2) is 82.7 Å². The lowest BCUT2D eigenvalue weighted by molar-refractivity contribution is -0.132. The monoisotopic (exact) mass is 685 g/mol. The van der Waals surface area contributed by atoms with Gasteiger partial charge in [-0.2, -0.15) is 0 Å². The van der Waals surface area contributed by atoms with Crippen LogP contribution in [0.25, 0.3) is 16.5 Å². The van der Waals surface area contributed by atoms with E-state index < -0.39 is 23.5 Å². The van der Waals surface area contributed by atoms with E-state index in [-0.39, 0.29) is 16.3 Å². The van der Waals surface area contributed by atoms with Crippen molar-refractivity contribution in [1.82, 2.24) is 10.2 Å². The highest BCUT2D eigenvalue weighted by Gasteiger charge is 2.49. The van der Waals surface area contributed by atoms with E-state index in [1.165, 1.54) is 69.6 Å². The average molecular weight is 686 g/mol. The van der Waals surface area contributed by atoms with Gasteiger partial charge >= 0.3 is 5.91 Å². The zero-order valence-electron chi connectivity index (χ0n) is 26.7. The van der Waals surface area contributed by atoms with E-state index in [1.54, 1.807) is 24.3 Å². The van der Waals surface area contributed by atoms with Gasteiger partial charge in [-0.05, 0) is 52.2 Å². The standard InChI is InChI=1S/C35H31N3O8S2/c1-42-24-14-13-20(15-25(24)43-2)30(39)28-29(22-16-26(44-3)32(46-5)27(17-22)45-4)38(33(41)31(28)40)34-36-37-35(48-34)47-18-21-11-8-10-19-9-6-7-12-23(19)21/h6-17,29,39H,18H2,1-5H3/b30-28+. The van der Waals surface area contributed by atoms with E-state index in [0.29, 0.717) is 44.4 Å². The molecule has 1 amide bonds. The molecule has 1 fully saturated rings. The third-order valence-electron chi connectivity index (χ3n) is 7.94. The highest BCUT2D eigenvalue weighted by molar-refractivity contribution is 8.00. The van der Waals surface area contributed by atoms with Gasteiger partial charge in [0.05, 0.1) is 47.2 Å². The van der Waals surface area contributed by atoms with Crippen LogP contribution in [0.4, 0.5) is 5.13 Å². The lowest BCUT2D eigenvalue weighted by Gasteiger charge is -2.24. The van der Waals surface area contributed by atoms with Gasteiger partial charge in [0.1, 0.15) is 5.76 Å². The first-order valence-electron chi connectivity index (χ1n) is 14.6. The molecular weight excluding hydrogens is 655 g/mol. The number of aliphatic hydroxyl groups is 1. The number of ketones is 1. The largest absolute Gasteiger partial charge is 0.507 e. The van der Waals surface area contributed by atoms with Crippen molar-refractivity contribution in [3.05, 3.63) is 95.1 Å². The maximum atomic E-state index is 13.9. The van der Waals surface area contributed by atoms with Crippen LogP contribution in [0.1, 0.15) is 22.7 Å². The SMILES string of the molecule is COc1ccc(/C(O)=C2\C(=O)C(=O)N(c3nnc(SCc4cccc5ccccc45)s3)C2c2cc(OC)c(OC)c(OC)c2)cc1OC. The molecule has 5 aromatic rings. The van der Waals surface area contributed by atoms with Crippen molar-refractivity contribution in [3.63, 3.8) is 0 Å². The Morgan fingerprint density at radius 2 is 1.50 bits per heavy atom. The number of methoxy groups -OCH3 is 5. The number of aliphatic hydroxyl groups excluding tert-OH is 1. The smallest absolute Gasteiger partial charge is 0.301 e. The van der Waals surface area contributed by atoms with Gasteiger partial charge in [0.2, 0.25) is 10.9 Å². The van der Waals surface area contributed by atoms with Crippen molar-refractivity contribution in [1.29, 1.82) is 0 Å². The first kappa shape index (κ1) is 32.7. The number of hydrogen-bond donors (Lipinski definition) is 1. The number of anilines is 1. The van der Waals surface area contributed by atoms with Crippen LogP contribution in [-0.4, -0.2) is 62.5 Å². The van der Waals surface area contributed by atoms with Gasteiger partial charge in [-0.1, -0.05) is 65.6 Å². The summed E-state index contributed by atoms with van der Waals surface area (Å²) < 4.78 is 28.0. The zero-order valence-corrected chi connectivity index (χ0v) is 28.3. The fraction of sp³-hybridized carbons (Fsp3) is 0.200. The van der Waals surface area contributed by atoms with Crippen LogP contribution in [0.2, 0.25) is 0 Å². The number of carbonyl (C=O) groups is 2. The van der Waals surface area contributed by atoms with E-state index in [4.69, 9.17) is 23.7 Å². The number of carbonyl (C=O) groups excluding carboxylic acids is 2. The summed E-state index contributed by atoms with van der Waals surface area (Å²) >= 11 is 2.65. The van der Waals surface area contributed by atoms with Gasteiger partial charge in [0, 0.05) is 11.3 Å². The Bertz CT molecular complexity index is 2030. The minimum atomic E-state index is -1.13. The lowest BCUT2D eigenvalue weighted by atomic mass is 9.94. The maximum Gasteiger partial charge on any atom is 0.301 e. The van der Waals surface area contributed by atoms with Crippen molar-refractivity contribution in [2.24, 2.45) is 0 Å². The van der Waals surface area contributed by atoms with Gasteiger partial charge in [-0.3, -0.25) is 14.5 Å². The van der Waals surface area contributed by atoms with Crippen LogP contribution in [0.5, 0.6) is 28.7 Å². The van der Waals surface area contributed by atoms with Gasteiger partial charge < -0.3 is 28.8 Å². The molecule has 1 unspecified atom stereocenters. The minimum absolute atomic E-state index is 0.165. The molecule has 0 aliphatic carbocycles. The molecule has 0 bridgehead atoms. The minimum Gasteiger partial charge on any atom is -0.507 e. The summed E-state index contributed by atoms with van der Waals surface area (Å²) in [4.78, 5) is 28.9. The number of fused-ring (bicyclic) bond motifs is 1. The summed E-state index contributed by atoms with van der Waals surface area (Å²) in [5.74, 6) is 0.104. The van der Waals surface area contributed by atoms with Gasteiger partial charge in [-0.25, -0.2) is 0 Å². The third kappa shape index (κ3) is 5.86. The summed E-state index contributed by atoms with van der Waals surface area (Å²) in [5.41, 5.74) is 1.61. The van der Waals surface area contributed by atoms with Crippen LogP contribution in [0, 0.1) is 0 Å². The highest BCUT2D eigenvalue weighted by Crippen LogP contribution is 2.48. The second-order valence-corrected chi connectivity index (χ2v) is 12.7. The molecular formula is C35H31N3O8S2. The molecule has 1 saturated heterocycles. The molecule has 0 saturated carbocycles. The molecule has 0 radical (unpaired) electrons. The van der Waals surface area contributed by atoms with Crippen LogP contribution in [-0.2, 0) is 15.3 Å². The molecule has 1 aromatic heterocycles. The van der Waals surface area contributed by atoms with Crippen molar-refractivity contribution >= 4 is 56.5 Å². The number of Topliss-reactive ketones (excluding diaryl/α,β-unsaturated/α-hetero) is 1. The molecule has 246 valence electrons. The number of rotatable bonds is 11. The predicted molar refractivity (Wildman–Crippen MR) is 184 cm³/mol. The Balaban J connectivity index is 1.45. The van der Waals surface area contributed by atoms with Crippen LogP contribution in [0.3, 0.4) is 0 Å².